The van der Waals surface area contributed by atoms with Gasteiger partial charge in [0.1, 0.15) is 0 Å². The molecule has 1 heteroatoms. The summed E-state index contributed by atoms with van der Waals surface area (Å²) in [5.74, 6) is 3.44. The lowest BCUT2D eigenvalue weighted by Crippen LogP contribution is -2.03. The Morgan fingerprint density at radius 1 is 1.31 bits per heavy atom. The Morgan fingerprint density at radius 3 is 2.62 bits per heavy atom. The average molecular weight is 173 g/mol. The van der Waals surface area contributed by atoms with Crippen LogP contribution in [0, 0.1) is 12.0 Å². The third-order valence-electron chi connectivity index (χ3n) is 1.85. The fourth-order valence-corrected chi connectivity index (χ4v) is 1.07. The minimum atomic E-state index is 0.306. The van der Waals surface area contributed by atoms with Crippen LogP contribution in [0.25, 0.3) is 0 Å². The lowest BCUT2D eigenvalue weighted by Gasteiger charge is -2.02. The van der Waals surface area contributed by atoms with Crippen LogP contribution in [0.3, 0.4) is 0 Å². The first kappa shape index (κ1) is 9.67. The van der Waals surface area contributed by atoms with Gasteiger partial charge in [0.05, 0.1) is 0 Å². The van der Waals surface area contributed by atoms with Crippen LogP contribution in [-0.4, -0.2) is 6.54 Å². The Kier molecular flexibility index (Phi) is 3.92. The van der Waals surface area contributed by atoms with Crippen molar-refractivity contribution in [1.29, 1.82) is 0 Å². The van der Waals surface area contributed by atoms with Crippen LogP contribution in [0.1, 0.15) is 25.3 Å². The van der Waals surface area contributed by atoms with E-state index in [1.807, 2.05) is 25.1 Å². The molecular weight excluding hydrogens is 158 g/mol. The quantitative estimate of drug-likeness (QED) is 0.535. The van der Waals surface area contributed by atoms with Gasteiger partial charge in [0.2, 0.25) is 0 Å². The molecule has 0 saturated heterocycles. The summed E-state index contributed by atoms with van der Waals surface area (Å²) in [6.45, 7) is 5.05. The number of benzene rings is 1. The largest absolute Gasteiger partial charge is 0.346 e. The Labute approximate surface area is 80.2 Å². The van der Waals surface area contributed by atoms with Crippen LogP contribution in [0.15, 0.2) is 30.3 Å². The van der Waals surface area contributed by atoms with E-state index in [1.54, 1.807) is 0 Å². The summed E-state index contributed by atoms with van der Waals surface area (Å²) in [7, 11) is 0. The average Bonchev–Trinajstić information content (AvgIpc) is 2.19. The molecule has 1 N–H and O–H groups in total. The van der Waals surface area contributed by atoms with Crippen molar-refractivity contribution in [3.63, 3.8) is 0 Å². The predicted octanol–water partition coefficient (Wildman–Crippen LogP) is 2.36. The van der Waals surface area contributed by atoms with E-state index in [4.69, 9.17) is 0 Å². The summed E-state index contributed by atoms with van der Waals surface area (Å²) in [6, 6.07) is 13.2. The fraction of sp³-hybridized carbons (Fsp3) is 0.333. The number of hydrogen-bond donors (Lipinski definition) is 1. The molecule has 0 bridgehead atoms. The zero-order valence-electron chi connectivity index (χ0n) is 8.17. The van der Waals surface area contributed by atoms with Crippen LogP contribution in [0.5, 0.6) is 0 Å². The molecule has 0 fully saturated rings. The van der Waals surface area contributed by atoms with E-state index in [9.17, 15) is 0 Å². The van der Waals surface area contributed by atoms with Crippen molar-refractivity contribution in [3.05, 3.63) is 35.9 Å². The summed E-state index contributed by atoms with van der Waals surface area (Å²) in [6.07, 6.45) is 0. The normalized spacial score (nSPS) is 11.2. The second kappa shape index (κ2) is 5.27. The van der Waals surface area contributed by atoms with Gasteiger partial charge in [-0.1, -0.05) is 36.3 Å². The minimum Gasteiger partial charge on any atom is -0.346 e. The maximum absolute atomic E-state index is 3.14. The van der Waals surface area contributed by atoms with Crippen LogP contribution < -0.4 is 5.32 Å². The summed E-state index contributed by atoms with van der Waals surface area (Å²) in [5, 5.41) is 2.99. The first-order chi connectivity index (χ1) is 6.34. The molecule has 1 nitrogen and oxygen atoms in total. The van der Waals surface area contributed by atoms with Crippen molar-refractivity contribution < 1.29 is 0 Å². The Hall–Kier alpha value is -1.42. The Bertz CT molecular complexity index is 292. The van der Waals surface area contributed by atoms with E-state index >= 15 is 0 Å². The van der Waals surface area contributed by atoms with Gasteiger partial charge < -0.3 is 5.32 Å². The highest BCUT2D eigenvalue weighted by atomic mass is 14.8. The van der Waals surface area contributed by atoms with Gasteiger partial charge >= 0.3 is 0 Å². The fourth-order valence-electron chi connectivity index (χ4n) is 1.07. The smallest absolute Gasteiger partial charge is 0.0442 e. The van der Waals surface area contributed by atoms with Gasteiger partial charge in [0.25, 0.3) is 0 Å². The first-order valence-electron chi connectivity index (χ1n) is 4.63. The Morgan fingerprint density at radius 2 is 2.00 bits per heavy atom. The van der Waals surface area contributed by atoms with Crippen LogP contribution in [0.4, 0.5) is 0 Å². The van der Waals surface area contributed by atoms with Gasteiger partial charge in [-0.2, -0.15) is 0 Å². The van der Waals surface area contributed by atoms with E-state index in [-0.39, 0.29) is 0 Å². The third-order valence-corrected chi connectivity index (χ3v) is 1.85. The highest BCUT2D eigenvalue weighted by Gasteiger charge is 1.98. The lowest BCUT2D eigenvalue weighted by molar-refractivity contribution is 0.937. The molecule has 0 aliphatic heterocycles. The SMILES string of the molecule is CCNC#CC(C)c1ccccc1. The molecule has 1 atom stereocenters. The molecule has 0 saturated carbocycles. The summed E-state index contributed by atoms with van der Waals surface area (Å²) >= 11 is 0. The van der Waals surface area contributed by atoms with Crippen molar-refractivity contribution in [1.82, 2.24) is 5.32 Å². The van der Waals surface area contributed by atoms with Gasteiger partial charge in [0, 0.05) is 18.5 Å². The number of rotatable bonds is 2. The highest BCUT2D eigenvalue weighted by Crippen LogP contribution is 2.12. The number of nitrogens with one attached hydrogen (secondary N) is 1. The van der Waals surface area contributed by atoms with E-state index < -0.39 is 0 Å². The van der Waals surface area contributed by atoms with Crippen molar-refractivity contribution >= 4 is 0 Å². The van der Waals surface area contributed by atoms with Gasteiger partial charge in [-0.05, 0) is 19.4 Å². The summed E-state index contributed by atoms with van der Waals surface area (Å²) in [4.78, 5) is 0. The van der Waals surface area contributed by atoms with Crippen molar-refractivity contribution in [2.45, 2.75) is 19.8 Å². The monoisotopic (exact) mass is 173 g/mol. The molecule has 13 heavy (non-hydrogen) atoms. The second-order valence-electron chi connectivity index (χ2n) is 2.93. The standard InChI is InChI=1S/C12H15N/c1-3-13-10-9-11(2)12-7-5-4-6-8-12/h4-8,11,13H,3H2,1-2H3. The first-order valence-corrected chi connectivity index (χ1v) is 4.63. The maximum atomic E-state index is 3.14. The van der Waals surface area contributed by atoms with E-state index in [0.29, 0.717) is 5.92 Å². The zero-order chi connectivity index (χ0) is 9.52. The molecule has 0 amide bonds. The van der Waals surface area contributed by atoms with Crippen LogP contribution in [0.2, 0.25) is 0 Å². The van der Waals surface area contributed by atoms with Gasteiger partial charge in [-0.15, -0.1) is 0 Å². The minimum absolute atomic E-state index is 0.306. The lowest BCUT2D eigenvalue weighted by atomic mass is 10.0. The van der Waals surface area contributed by atoms with Crippen molar-refractivity contribution in [2.24, 2.45) is 0 Å². The molecule has 0 aliphatic carbocycles. The predicted molar refractivity (Wildman–Crippen MR) is 56.3 cm³/mol. The molecule has 0 aliphatic rings. The molecule has 0 radical (unpaired) electrons. The molecule has 0 spiro atoms. The molecule has 1 aromatic carbocycles. The highest BCUT2D eigenvalue weighted by molar-refractivity contribution is 5.26. The molecule has 1 unspecified atom stereocenters. The van der Waals surface area contributed by atoms with Crippen LogP contribution in [-0.2, 0) is 0 Å². The van der Waals surface area contributed by atoms with Gasteiger partial charge in [0.15, 0.2) is 0 Å². The summed E-state index contributed by atoms with van der Waals surface area (Å²) in [5.41, 5.74) is 1.27. The number of hydrogen-bond acceptors (Lipinski definition) is 1. The van der Waals surface area contributed by atoms with Gasteiger partial charge in [-0.3, -0.25) is 0 Å². The molecule has 0 heterocycles. The Balaban J connectivity index is 2.60. The molecule has 1 aromatic rings. The zero-order valence-corrected chi connectivity index (χ0v) is 8.17. The molecular formula is C12H15N. The topological polar surface area (TPSA) is 12.0 Å². The molecule has 68 valence electrons. The van der Waals surface area contributed by atoms with E-state index in [1.165, 1.54) is 5.56 Å². The van der Waals surface area contributed by atoms with Crippen molar-refractivity contribution in [2.75, 3.05) is 6.54 Å². The second-order valence-corrected chi connectivity index (χ2v) is 2.93. The molecule has 0 aromatic heterocycles. The van der Waals surface area contributed by atoms with E-state index in [0.717, 1.165) is 6.54 Å². The molecule has 1 rings (SSSR count). The summed E-state index contributed by atoms with van der Waals surface area (Å²) < 4.78 is 0. The van der Waals surface area contributed by atoms with Gasteiger partial charge in [-0.25, -0.2) is 0 Å². The third kappa shape index (κ3) is 3.21. The maximum Gasteiger partial charge on any atom is 0.0442 e. The van der Waals surface area contributed by atoms with Crippen LogP contribution >= 0.6 is 0 Å². The van der Waals surface area contributed by atoms with Crippen molar-refractivity contribution in [3.8, 4) is 12.0 Å². The van der Waals surface area contributed by atoms with E-state index in [2.05, 4.69) is 36.3 Å².